The molecule has 1 aliphatic rings. The molecule has 1 atom stereocenters. The number of rotatable bonds is 9. The van der Waals surface area contributed by atoms with Gasteiger partial charge in [0.05, 0.1) is 17.3 Å². The fraction of sp³-hybridized carbons (Fsp3) is 0.500. The number of hydrogen-bond acceptors (Lipinski definition) is 6. The van der Waals surface area contributed by atoms with Crippen LogP contribution in [0.1, 0.15) is 12.0 Å². The van der Waals surface area contributed by atoms with E-state index in [-0.39, 0.29) is 35.0 Å². The summed E-state index contributed by atoms with van der Waals surface area (Å²) in [6.45, 7) is 0.104. The number of carbonyl (C=O) groups excluding carboxylic acids is 1. The van der Waals surface area contributed by atoms with E-state index in [2.05, 4.69) is 5.32 Å². The summed E-state index contributed by atoms with van der Waals surface area (Å²) in [5.74, 6) is 0.00987. The number of ether oxygens (including phenoxy) is 1. The molecule has 0 aromatic heterocycles. The van der Waals surface area contributed by atoms with Crippen LogP contribution in [0.25, 0.3) is 0 Å². The average Bonchev–Trinajstić information content (AvgIpc) is 2.91. The van der Waals surface area contributed by atoms with Crippen LogP contribution < -0.4 is 10.1 Å². The highest BCUT2D eigenvalue weighted by Gasteiger charge is 2.28. The van der Waals surface area contributed by atoms with Crippen molar-refractivity contribution in [3.05, 3.63) is 29.8 Å². The third-order valence-electron chi connectivity index (χ3n) is 3.66. The smallest absolute Gasteiger partial charge is 0.341 e. The number of carbonyl (C=O) groups is 2. The topological polar surface area (TPSA) is 110 Å². The molecule has 1 amide bonds. The number of carboxylic acid groups (broad SMARTS) is 1. The second-order valence-electron chi connectivity index (χ2n) is 5.76. The Morgan fingerprint density at radius 2 is 2.00 bits per heavy atom. The van der Waals surface area contributed by atoms with Gasteiger partial charge < -0.3 is 15.2 Å². The molecule has 1 aromatic carbocycles. The van der Waals surface area contributed by atoms with Crippen LogP contribution in [0.5, 0.6) is 5.75 Å². The van der Waals surface area contributed by atoms with Gasteiger partial charge in [-0.3, -0.25) is 4.79 Å². The lowest BCUT2D eigenvalue weighted by Gasteiger charge is -2.09. The lowest BCUT2D eigenvalue weighted by Crippen LogP contribution is -2.28. The quantitative estimate of drug-likeness (QED) is 0.643. The molecule has 2 N–H and O–H groups in total. The first-order valence-corrected chi connectivity index (χ1v) is 10.7. The summed E-state index contributed by atoms with van der Waals surface area (Å²) in [5, 5.41) is 11.4. The van der Waals surface area contributed by atoms with Gasteiger partial charge in [-0.25, -0.2) is 13.2 Å². The Morgan fingerprint density at radius 3 is 2.60 bits per heavy atom. The molecule has 1 saturated heterocycles. The molecule has 2 rings (SSSR count). The van der Waals surface area contributed by atoms with Crippen LogP contribution in [0.15, 0.2) is 24.3 Å². The fourth-order valence-electron chi connectivity index (χ4n) is 2.38. The molecule has 7 nitrogen and oxygen atoms in total. The van der Waals surface area contributed by atoms with Gasteiger partial charge in [0.25, 0.3) is 0 Å². The summed E-state index contributed by atoms with van der Waals surface area (Å²) >= 11 is 1.39. The zero-order valence-corrected chi connectivity index (χ0v) is 15.3. The largest absolute Gasteiger partial charge is 0.482 e. The summed E-state index contributed by atoms with van der Waals surface area (Å²) < 4.78 is 27.8. The van der Waals surface area contributed by atoms with Gasteiger partial charge in [0, 0.05) is 11.8 Å². The minimum absolute atomic E-state index is 0.0223. The Labute approximate surface area is 151 Å². The highest BCUT2D eigenvalue weighted by molar-refractivity contribution is 8.02. The van der Waals surface area contributed by atoms with Crippen molar-refractivity contribution in [2.75, 3.05) is 30.4 Å². The Balaban J connectivity index is 1.63. The zero-order valence-electron chi connectivity index (χ0n) is 13.6. The first-order valence-electron chi connectivity index (χ1n) is 7.86. The van der Waals surface area contributed by atoms with Gasteiger partial charge in [-0.1, -0.05) is 12.1 Å². The van der Waals surface area contributed by atoms with Crippen molar-refractivity contribution in [2.45, 2.75) is 18.1 Å². The fourth-order valence-corrected chi connectivity index (χ4v) is 5.85. The van der Waals surface area contributed by atoms with E-state index >= 15 is 0 Å². The number of thioether (sulfide) groups is 1. The second-order valence-corrected chi connectivity index (χ2v) is 9.28. The van der Waals surface area contributed by atoms with Crippen LogP contribution in [0.3, 0.4) is 0 Å². The number of sulfone groups is 1. The lowest BCUT2D eigenvalue weighted by molar-refractivity contribution is -0.139. The van der Waals surface area contributed by atoms with Gasteiger partial charge in [-0.15, -0.1) is 11.8 Å². The van der Waals surface area contributed by atoms with Gasteiger partial charge in [-0.05, 0) is 30.5 Å². The van der Waals surface area contributed by atoms with Crippen molar-refractivity contribution in [3.63, 3.8) is 0 Å². The maximum Gasteiger partial charge on any atom is 0.341 e. The van der Waals surface area contributed by atoms with E-state index in [1.807, 2.05) is 12.1 Å². The molecule has 1 aromatic rings. The molecule has 25 heavy (non-hydrogen) atoms. The Hall–Kier alpha value is -1.74. The number of benzene rings is 1. The average molecular weight is 387 g/mol. The molecule has 0 spiro atoms. The molecule has 1 heterocycles. The lowest BCUT2D eigenvalue weighted by atomic mass is 10.1. The molecule has 0 radical (unpaired) electrons. The van der Waals surface area contributed by atoms with E-state index in [4.69, 9.17) is 9.84 Å². The molecule has 9 heteroatoms. The minimum Gasteiger partial charge on any atom is -0.482 e. The first-order chi connectivity index (χ1) is 11.8. The maximum atomic E-state index is 11.8. The van der Waals surface area contributed by atoms with Gasteiger partial charge in [0.15, 0.2) is 16.4 Å². The predicted octanol–water partition coefficient (Wildman–Crippen LogP) is 0.729. The van der Waals surface area contributed by atoms with Crippen LogP contribution in [-0.2, 0) is 25.8 Å². The summed E-state index contributed by atoms with van der Waals surface area (Å²) in [4.78, 5) is 22.2. The van der Waals surface area contributed by atoms with Crippen molar-refractivity contribution in [3.8, 4) is 5.75 Å². The van der Waals surface area contributed by atoms with Crippen molar-refractivity contribution in [1.29, 1.82) is 0 Å². The minimum atomic E-state index is -2.90. The third kappa shape index (κ3) is 7.35. The zero-order chi connectivity index (χ0) is 18.3. The number of nitrogens with one attached hydrogen (secondary N) is 1. The van der Waals surface area contributed by atoms with Crippen LogP contribution >= 0.6 is 11.8 Å². The van der Waals surface area contributed by atoms with E-state index in [9.17, 15) is 18.0 Å². The SMILES string of the molecule is O=C(O)COc1ccc(CCNC(=O)CSC2CCS(=O)(=O)C2)cc1. The standard InChI is InChI=1S/C16H21NO6S2/c18-15(10-24-14-6-8-25(21,22)11-14)17-7-5-12-1-3-13(4-2-12)23-9-16(19)20/h1-4,14H,5-11H2,(H,17,18)(H,19,20). The highest BCUT2D eigenvalue weighted by Crippen LogP contribution is 2.23. The van der Waals surface area contributed by atoms with Crippen molar-refractivity contribution < 1.29 is 27.9 Å². The predicted molar refractivity (Wildman–Crippen MR) is 95.8 cm³/mol. The van der Waals surface area contributed by atoms with Gasteiger partial charge in [0.2, 0.25) is 5.91 Å². The van der Waals surface area contributed by atoms with Gasteiger partial charge in [-0.2, -0.15) is 0 Å². The second kappa shape index (κ2) is 9.10. The van der Waals surface area contributed by atoms with Crippen molar-refractivity contribution >= 4 is 33.5 Å². The molecule has 0 aliphatic carbocycles. The Morgan fingerprint density at radius 1 is 1.28 bits per heavy atom. The van der Waals surface area contributed by atoms with Crippen molar-refractivity contribution in [1.82, 2.24) is 5.32 Å². The molecule has 0 saturated carbocycles. The van der Waals surface area contributed by atoms with Crippen LogP contribution in [0.2, 0.25) is 0 Å². The number of hydrogen-bond donors (Lipinski definition) is 2. The Kier molecular flexibility index (Phi) is 7.12. The molecule has 0 bridgehead atoms. The first kappa shape index (κ1) is 19.6. The van der Waals surface area contributed by atoms with E-state index in [0.717, 1.165) is 5.56 Å². The van der Waals surface area contributed by atoms with Gasteiger partial charge in [0.1, 0.15) is 5.75 Å². The third-order valence-corrected chi connectivity index (χ3v) is 6.94. The van der Waals surface area contributed by atoms with E-state index in [0.29, 0.717) is 25.1 Å². The molecular formula is C16H21NO6S2. The number of aliphatic carboxylic acids is 1. The van der Waals surface area contributed by atoms with E-state index < -0.39 is 15.8 Å². The van der Waals surface area contributed by atoms with Crippen LogP contribution in [0, 0.1) is 0 Å². The van der Waals surface area contributed by atoms with Crippen molar-refractivity contribution in [2.24, 2.45) is 0 Å². The van der Waals surface area contributed by atoms with Crippen LogP contribution in [-0.4, -0.2) is 61.1 Å². The summed E-state index contributed by atoms with van der Waals surface area (Å²) in [6, 6.07) is 7.02. The monoisotopic (exact) mass is 387 g/mol. The molecular weight excluding hydrogens is 366 g/mol. The normalized spacial score (nSPS) is 18.6. The summed E-state index contributed by atoms with van der Waals surface area (Å²) in [5.41, 5.74) is 0.998. The van der Waals surface area contributed by atoms with E-state index in [1.54, 1.807) is 12.1 Å². The molecule has 138 valence electrons. The highest BCUT2D eigenvalue weighted by atomic mass is 32.2. The number of amides is 1. The van der Waals surface area contributed by atoms with Gasteiger partial charge >= 0.3 is 5.97 Å². The summed E-state index contributed by atoms with van der Waals surface area (Å²) in [6.07, 6.45) is 1.27. The van der Waals surface area contributed by atoms with E-state index in [1.165, 1.54) is 11.8 Å². The molecule has 1 unspecified atom stereocenters. The maximum absolute atomic E-state index is 11.8. The molecule has 1 fully saturated rings. The Bertz CT molecular complexity index is 702. The summed E-state index contributed by atoms with van der Waals surface area (Å²) in [7, 11) is -2.90. The number of carboxylic acids is 1. The van der Waals surface area contributed by atoms with Crippen LogP contribution in [0.4, 0.5) is 0 Å². The molecule has 1 aliphatic heterocycles.